The molecule has 0 aliphatic carbocycles. The number of pyridine rings is 3. The van der Waals surface area contributed by atoms with Crippen molar-refractivity contribution in [2.24, 2.45) is 0 Å². The second kappa shape index (κ2) is 7.90. The molecule has 2 N–H and O–H groups in total. The van der Waals surface area contributed by atoms with Crippen molar-refractivity contribution in [2.45, 2.75) is 12.5 Å². The number of hydrogen-bond donors (Lipinski definition) is 2. The Bertz CT molecular complexity index is 998. The van der Waals surface area contributed by atoms with Crippen LogP contribution in [0, 0.1) is 0 Å². The highest BCUT2D eigenvalue weighted by molar-refractivity contribution is 5.97. The minimum Gasteiger partial charge on any atom is -0.481 e. The van der Waals surface area contributed by atoms with Crippen LogP contribution in [-0.2, 0) is 4.74 Å². The highest BCUT2D eigenvalue weighted by Crippen LogP contribution is 2.35. The third-order valence-electron chi connectivity index (χ3n) is 5.50. The molecule has 0 radical (unpaired) electrons. The highest BCUT2D eigenvalue weighted by atomic mass is 16.5. The number of fused-ring (bicyclic) bond motifs is 1. The van der Waals surface area contributed by atoms with Gasteiger partial charge in [-0.3, -0.25) is 10.4 Å². The molecule has 0 spiro atoms. The van der Waals surface area contributed by atoms with Gasteiger partial charge < -0.3 is 14.4 Å². The number of nitrogens with one attached hydrogen (secondary N) is 2. The van der Waals surface area contributed by atoms with Gasteiger partial charge in [-0.05, 0) is 30.2 Å². The average molecular weight is 392 g/mol. The van der Waals surface area contributed by atoms with Crippen molar-refractivity contribution in [3.63, 3.8) is 0 Å². The summed E-state index contributed by atoms with van der Waals surface area (Å²) < 4.78 is 10.8. The molecule has 2 aliphatic rings. The van der Waals surface area contributed by atoms with Gasteiger partial charge in [0, 0.05) is 49.0 Å². The Labute approximate surface area is 169 Å². The fourth-order valence-electron chi connectivity index (χ4n) is 3.96. The van der Waals surface area contributed by atoms with E-state index in [-0.39, 0.29) is 6.04 Å². The van der Waals surface area contributed by atoms with E-state index in [1.54, 1.807) is 7.11 Å². The lowest BCUT2D eigenvalue weighted by Gasteiger charge is -2.29. The van der Waals surface area contributed by atoms with Crippen molar-refractivity contribution in [1.82, 2.24) is 25.8 Å². The van der Waals surface area contributed by atoms with Crippen LogP contribution in [0.25, 0.3) is 22.0 Å². The van der Waals surface area contributed by atoms with Crippen molar-refractivity contribution in [2.75, 3.05) is 44.9 Å². The quantitative estimate of drug-likeness (QED) is 0.698. The zero-order valence-corrected chi connectivity index (χ0v) is 16.4. The van der Waals surface area contributed by atoms with Gasteiger partial charge in [0.1, 0.15) is 5.82 Å². The van der Waals surface area contributed by atoms with Gasteiger partial charge in [0.05, 0.1) is 37.6 Å². The molecule has 1 atom stereocenters. The molecule has 150 valence electrons. The molecule has 5 rings (SSSR count). The van der Waals surface area contributed by atoms with Gasteiger partial charge in [0.25, 0.3) is 0 Å². The first-order chi connectivity index (χ1) is 14.3. The van der Waals surface area contributed by atoms with E-state index in [1.165, 1.54) is 0 Å². The minimum absolute atomic E-state index is 0.146. The van der Waals surface area contributed by atoms with E-state index < -0.39 is 0 Å². The number of morpholine rings is 1. The SMILES string of the molecule is COc1ccc(-c2cc(N3CCOCC3)nc3c(C4CCNN4)nccc23)cn1. The van der Waals surface area contributed by atoms with Crippen LogP contribution in [-0.4, -0.2) is 54.9 Å². The smallest absolute Gasteiger partial charge is 0.212 e. The lowest BCUT2D eigenvalue weighted by atomic mass is 10.00. The number of nitrogens with zero attached hydrogens (tertiary/aromatic N) is 4. The third kappa shape index (κ3) is 3.50. The van der Waals surface area contributed by atoms with Gasteiger partial charge in [-0.25, -0.2) is 15.4 Å². The molecule has 3 aromatic rings. The molecule has 5 heterocycles. The highest BCUT2D eigenvalue weighted by Gasteiger charge is 2.23. The largest absolute Gasteiger partial charge is 0.481 e. The molecule has 2 saturated heterocycles. The first-order valence-electron chi connectivity index (χ1n) is 9.94. The van der Waals surface area contributed by atoms with Gasteiger partial charge in [0.15, 0.2) is 0 Å². The summed E-state index contributed by atoms with van der Waals surface area (Å²) in [4.78, 5) is 16.4. The molecule has 0 amide bonds. The molecule has 1 unspecified atom stereocenters. The van der Waals surface area contributed by atoms with E-state index in [4.69, 9.17) is 19.4 Å². The lowest BCUT2D eigenvalue weighted by Crippen LogP contribution is -2.36. The summed E-state index contributed by atoms with van der Waals surface area (Å²) >= 11 is 0. The van der Waals surface area contributed by atoms with Crippen LogP contribution in [0.5, 0.6) is 5.88 Å². The summed E-state index contributed by atoms with van der Waals surface area (Å²) in [6.45, 7) is 4.01. The Kier molecular flexibility index (Phi) is 4.97. The molecular formula is C21H24N6O2. The second-order valence-electron chi connectivity index (χ2n) is 7.22. The minimum atomic E-state index is 0.146. The van der Waals surface area contributed by atoms with Crippen LogP contribution in [0.2, 0.25) is 0 Å². The molecule has 2 fully saturated rings. The average Bonchev–Trinajstić information content (AvgIpc) is 3.33. The zero-order chi connectivity index (χ0) is 19.6. The van der Waals surface area contributed by atoms with E-state index in [2.05, 4.69) is 26.8 Å². The normalized spacial score (nSPS) is 19.6. The van der Waals surface area contributed by atoms with Gasteiger partial charge in [-0.2, -0.15) is 0 Å². The summed E-state index contributed by atoms with van der Waals surface area (Å²) in [5, 5.41) is 1.08. The number of ether oxygens (including phenoxy) is 2. The lowest BCUT2D eigenvalue weighted by molar-refractivity contribution is 0.122. The first kappa shape index (κ1) is 18.2. The van der Waals surface area contributed by atoms with Crippen LogP contribution in [0.15, 0.2) is 36.7 Å². The first-order valence-corrected chi connectivity index (χ1v) is 9.94. The maximum absolute atomic E-state index is 5.53. The number of methoxy groups -OCH3 is 1. The predicted octanol–water partition coefficient (Wildman–Crippen LogP) is 2.08. The van der Waals surface area contributed by atoms with Crippen molar-refractivity contribution >= 4 is 16.7 Å². The van der Waals surface area contributed by atoms with Crippen molar-refractivity contribution in [1.29, 1.82) is 0 Å². The van der Waals surface area contributed by atoms with Gasteiger partial charge in [0.2, 0.25) is 5.88 Å². The Morgan fingerprint density at radius 3 is 2.79 bits per heavy atom. The standard InChI is InChI=1S/C21H24N6O2/c1-28-19-3-2-14(13-23-19)16-12-18(27-8-10-29-11-9-27)25-20-15(16)4-6-22-21(20)17-5-7-24-26-17/h2-4,6,12-13,17,24,26H,5,7-11H2,1H3. The van der Waals surface area contributed by atoms with Gasteiger partial charge in [-0.1, -0.05) is 0 Å². The van der Waals surface area contributed by atoms with Crippen LogP contribution in [0.3, 0.4) is 0 Å². The topological polar surface area (TPSA) is 84.4 Å². The summed E-state index contributed by atoms with van der Waals surface area (Å²) in [5.74, 6) is 1.55. The molecule has 0 bridgehead atoms. The Morgan fingerprint density at radius 1 is 1.17 bits per heavy atom. The Morgan fingerprint density at radius 2 is 2.07 bits per heavy atom. The van der Waals surface area contributed by atoms with E-state index in [1.807, 2.05) is 30.6 Å². The fraction of sp³-hybridized carbons (Fsp3) is 0.381. The van der Waals surface area contributed by atoms with Gasteiger partial charge in [-0.15, -0.1) is 0 Å². The zero-order valence-electron chi connectivity index (χ0n) is 16.4. The van der Waals surface area contributed by atoms with Gasteiger partial charge >= 0.3 is 0 Å². The molecule has 0 aromatic carbocycles. The fourth-order valence-corrected chi connectivity index (χ4v) is 3.96. The number of hydrogen-bond acceptors (Lipinski definition) is 8. The van der Waals surface area contributed by atoms with E-state index in [0.29, 0.717) is 19.1 Å². The molecule has 0 saturated carbocycles. The van der Waals surface area contributed by atoms with Crippen LogP contribution < -0.4 is 20.5 Å². The molecule has 3 aromatic heterocycles. The molecule has 8 heteroatoms. The van der Waals surface area contributed by atoms with Crippen LogP contribution in [0.4, 0.5) is 5.82 Å². The summed E-state index contributed by atoms with van der Waals surface area (Å²) in [6.07, 6.45) is 4.70. The number of rotatable bonds is 4. The summed E-state index contributed by atoms with van der Waals surface area (Å²) in [5.41, 5.74) is 10.6. The maximum atomic E-state index is 5.53. The molecule has 29 heavy (non-hydrogen) atoms. The Balaban J connectivity index is 1.69. The monoisotopic (exact) mass is 392 g/mol. The Hall–Kier alpha value is -2.81. The van der Waals surface area contributed by atoms with Crippen molar-refractivity contribution in [3.8, 4) is 17.0 Å². The van der Waals surface area contributed by atoms with E-state index in [9.17, 15) is 0 Å². The second-order valence-corrected chi connectivity index (χ2v) is 7.22. The van der Waals surface area contributed by atoms with Crippen LogP contribution in [0.1, 0.15) is 18.2 Å². The molecule has 8 nitrogen and oxygen atoms in total. The van der Waals surface area contributed by atoms with E-state index >= 15 is 0 Å². The van der Waals surface area contributed by atoms with E-state index in [0.717, 1.165) is 59.6 Å². The van der Waals surface area contributed by atoms with Crippen molar-refractivity contribution in [3.05, 3.63) is 42.4 Å². The summed E-state index contributed by atoms with van der Waals surface area (Å²) in [7, 11) is 1.63. The molecular weight excluding hydrogens is 368 g/mol. The number of aromatic nitrogens is 3. The third-order valence-corrected chi connectivity index (χ3v) is 5.50. The van der Waals surface area contributed by atoms with Crippen LogP contribution >= 0.6 is 0 Å². The molecule has 2 aliphatic heterocycles. The number of anilines is 1. The number of hydrazine groups is 1. The predicted molar refractivity (Wildman–Crippen MR) is 111 cm³/mol. The maximum Gasteiger partial charge on any atom is 0.212 e. The van der Waals surface area contributed by atoms with Crippen molar-refractivity contribution < 1.29 is 9.47 Å². The summed E-state index contributed by atoms with van der Waals surface area (Å²) in [6, 6.07) is 8.27.